The highest BCUT2D eigenvalue weighted by Crippen LogP contribution is 2.55. The molecule has 4 aromatic carbocycles. The van der Waals surface area contributed by atoms with Crippen LogP contribution in [0.1, 0.15) is 64.7 Å². The second-order valence-electron chi connectivity index (χ2n) is 17.6. The minimum Gasteiger partial charge on any atom is -0.497 e. The van der Waals surface area contributed by atoms with Crippen LogP contribution in [0.15, 0.2) is 126 Å². The summed E-state index contributed by atoms with van der Waals surface area (Å²) in [7, 11) is 1.27. The molecule has 2 amide bonds. The van der Waals surface area contributed by atoms with Gasteiger partial charge >= 0.3 is 5.69 Å². The zero-order chi connectivity index (χ0) is 49.3. The third kappa shape index (κ3) is 10.8. The van der Waals surface area contributed by atoms with E-state index in [1.54, 1.807) is 45.1 Å². The summed E-state index contributed by atoms with van der Waals surface area (Å²) in [5.74, 6) is 0.836. The van der Waals surface area contributed by atoms with Gasteiger partial charge in [0.15, 0.2) is 12.3 Å². The number of nitrogens with zero attached hydrogens (tertiary/aromatic N) is 5. The Bertz CT molecular complexity index is 2540. The van der Waals surface area contributed by atoms with Gasteiger partial charge in [-0.25, -0.2) is 9.46 Å². The molecule has 2 saturated heterocycles. The average molecular weight is 961 g/mol. The van der Waals surface area contributed by atoms with Crippen molar-refractivity contribution < 1.29 is 42.3 Å². The summed E-state index contributed by atoms with van der Waals surface area (Å²) < 4.78 is 49.0. The molecule has 0 radical (unpaired) electrons. The Labute approximate surface area is 405 Å². The molecule has 5 atom stereocenters. The van der Waals surface area contributed by atoms with E-state index in [4.69, 9.17) is 32.7 Å². The molecule has 0 spiro atoms. The smallest absolute Gasteiger partial charge is 0.351 e. The lowest BCUT2D eigenvalue weighted by Gasteiger charge is -2.53. The van der Waals surface area contributed by atoms with Gasteiger partial charge in [-0.3, -0.25) is 14.2 Å². The third-order valence-electron chi connectivity index (χ3n) is 12.2. The summed E-state index contributed by atoms with van der Waals surface area (Å²) in [4.78, 5) is 47.5. The van der Waals surface area contributed by atoms with Gasteiger partial charge in [0, 0.05) is 24.2 Å². The maximum atomic E-state index is 14.5. The number of anilines is 1. The first-order valence-corrected chi connectivity index (χ1v) is 24.2. The molecule has 17 heteroatoms. The number of fused-ring (bicyclic) bond motifs is 1. The number of ether oxygens (including phenoxy) is 5. The van der Waals surface area contributed by atoms with Gasteiger partial charge in [0.1, 0.15) is 46.9 Å². The van der Waals surface area contributed by atoms with Gasteiger partial charge in [0.25, 0.3) is 14.4 Å². The van der Waals surface area contributed by atoms with Gasteiger partial charge in [0.05, 0.1) is 46.5 Å². The molecule has 16 nitrogen and oxygen atoms in total. The molecule has 7 rings (SSSR count). The van der Waals surface area contributed by atoms with Gasteiger partial charge in [-0.15, -0.1) is 0 Å². The minimum atomic E-state index is -1.95. The number of carbonyl (C=O) groups excluding carboxylic acids is 2. The Morgan fingerprint density at radius 3 is 1.97 bits per heavy atom. The van der Waals surface area contributed by atoms with Crippen LogP contribution < -0.4 is 25.2 Å². The summed E-state index contributed by atoms with van der Waals surface area (Å²) in [6, 6.07) is 36.7. The summed E-state index contributed by atoms with van der Waals surface area (Å²) in [5, 5.41) is 12.3. The van der Waals surface area contributed by atoms with E-state index in [-0.39, 0.29) is 68.4 Å². The SMILES string of the molecule is COc1ccc(C(OC[C@H]2O[C@]3(n4ccc(NC(=O)C(C)C)nc4=O)CN(C(=O)COc4ccccc4)[C@@H]3[C@@H]2OP(OCCC#N)N(C(C)C)C(C)C)(c2ccccc2)c2ccc(OC)cc2)cc1. The maximum Gasteiger partial charge on any atom is 0.351 e. The van der Waals surface area contributed by atoms with E-state index in [1.807, 2.05) is 125 Å². The molecule has 1 unspecified atom stereocenters. The van der Waals surface area contributed by atoms with Crippen molar-refractivity contribution in [3.8, 4) is 23.3 Å². The fourth-order valence-corrected chi connectivity index (χ4v) is 10.6. The zero-order valence-corrected chi connectivity index (χ0v) is 41.2. The van der Waals surface area contributed by atoms with Crippen LogP contribution in [-0.4, -0.2) is 102 Å². The van der Waals surface area contributed by atoms with E-state index in [0.717, 1.165) is 16.7 Å². The molecule has 69 heavy (non-hydrogen) atoms. The Balaban J connectivity index is 1.39. The van der Waals surface area contributed by atoms with Crippen molar-refractivity contribution in [3.63, 3.8) is 0 Å². The number of likely N-dealkylation sites (tertiary alicyclic amines) is 1. The summed E-state index contributed by atoms with van der Waals surface area (Å²) in [6.07, 6.45) is -0.371. The van der Waals surface area contributed by atoms with E-state index in [9.17, 15) is 19.6 Å². The number of hydrogen-bond donors (Lipinski definition) is 1. The van der Waals surface area contributed by atoms with Crippen LogP contribution in [0.25, 0.3) is 0 Å². The molecule has 0 bridgehead atoms. The third-order valence-corrected chi connectivity index (χ3v) is 14.3. The number of amides is 2. The van der Waals surface area contributed by atoms with Crippen molar-refractivity contribution in [1.82, 2.24) is 19.1 Å². The molecule has 364 valence electrons. The van der Waals surface area contributed by atoms with Crippen molar-refractivity contribution in [2.24, 2.45) is 5.92 Å². The van der Waals surface area contributed by atoms with Crippen LogP contribution in [0.5, 0.6) is 17.2 Å². The first-order chi connectivity index (χ1) is 33.3. The van der Waals surface area contributed by atoms with E-state index >= 15 is 0 Å². The Morgan fingerprint density at radius 1 is 0.855 bits per heavy atom. The molecule has 2 aliphatic heterocycles. The molecule has 1 aromatic heterocycles. The van der Waals surface area contributed by atoms with Gasteiger partial charge < -0.3 is 42.9 Å². The number of hydrogen-bond acceptors (Lipinski definition) is 13. The number of methoxy groups -OCH3 is 2. The topological polar surface area (TPSA) is 176 Å². The Morgan fingerprint density at radius 2 is 1.43 bits per heavy atom. The lowest BCUT2D eigenvalue weighted by molar-refractivity contribution is -0.217. The largest absolute Gasteiger partial charge is 0.497 e. The number of para-hydroxylation sites is 1. The summed E-state index contributed by atoms with van der Waals surface area (Å²) >= 11 is 0. The second kappa shape index (κ2) is 22.5. The molecular weight excluding hydrogens is 900 g/mol. The monoisotopic (exact) mass is 960 g/mol. The fourth-order valence-electron chi connectivity index (χ4n) is 8.87. The van der Waals surface area contributed by atoms with Crippen LogP contribution in [0.4, 0.5) is 5.82 Å². The molecule has 2 aliphatic rings. The molecule has 1 N–H and O–H groups in total. The van der Waals surface area contributed by atoms with Crippen molar-refractivity contribution in [1.29, 1.82) is 5.26 Å². The number of nitriles is 1. The number of nitrogens with one attached hydrogen (secondary N) is 1. The van der Waals surface area contributed by atoms with Crippen molar-refractivity contribution in [2.45, 2.75) is 89.6 Å². The highest BCUT2D eigenvalue weighted by Gasteiger charge is 2.69. The Hall–Kier alpha value is -6.18. The molecule has 3 heterocycles. The predicted molar refractivity (Wildman–Crippen MR) is 261 cm³/mol. The zero-order valence-electron chi connectivity index (χ0n) is 40.3. The minimum absolute atomic E-state index is 0.0719. The molecule has 5 aromatic rings. The van der Waals surface area contributed by atoms with E-state index in [1.165, 1.54) is 16.8 Å². The van der Waals surface area contributed by atoms with Crippen molar-refractivity contribution in [3.05, 3.63) is 149 Å². The van der Waals surface area contributed by atoms with Gasteiger partial charge in [-0.2, -0.15) is 10.2 Å². The van der Waals surface area contributed by atoms with Crippen LogP contribution >= 0.6 is 8.53 Å². The first-order valence-electron chi connectivity index (χ1n) is 23.1. The first kappa shape index (κ1) is 50.7. The number of aromatic nitrogens is 2. The Kier molecular flexibility index (Phi) is 16.5. The number of benzene rings is 4. The predicted octanol–water partition coefficient (Wildman–Crippen LogP) is 7.87. The van der Waals surface area contributed by atoms with Crippen LogP contribution in [-0.2, 0) is 39.4 Å². The maximum absolute atomic E-state index is 14.5. The molecular formula is C52H61N6O10P. The van der Waals surface area contributed by atoms with E-state index in [0.29, 0.717) is 17.2 Å². The number of rotatable bonds is 22. The molecule has 0 saturated carbocycles. The van der Waals surface area contributed by atoms with Crippen LogP contribution in [0, 0.1) is 17.2 Å². The fraction of sp³-hybridized carbons (Fsp3) is 0.404. The van der Waals surface area contributed by atoms with Crippen LogP contribution in [0.3, 0.4) is 0 Å². The van der Waals surface area contributed by atoms with Gasteiger partial charge in [0.2, 0.25) is 5.91 Å². The van der Waals surface area contributed by atoms with Crippen molar-refractivity contribution in [2.75, 3.05) is 45.9 Å². The molecule has 0 aliphatic carbocycles. The quantitative estimate of drug-likeness (QED) is 0.0404. The number of carbonyl (C=O) groups is 2. The normalized spacial score (nSPS) is 19.2. The second-order valence-corrected chi connectivity index (χ2v) is 19.0. The van der Waals surface area contributed by atoms with Gasteiger partial charge in [-0.05, 0) is 86.8 Å². The summed E-state index contributed by atoms with van der Waals surface area (Å²) in [5.41, 5.74) is -1.20. The molecule has 2 fully saturated rings. The highest BCUT2D eigenvalue weighted by atomic mass is 31.2. The highest BCUT2D eigenvalue weighted by molar-refractivity contribution is 7.44. The average Bonchev–Trinajstić information content (AvgIpc) is 3.57. The lowest BCUT2D eigenvalue weighted by atomic mass is 9.80. The van der Waals surface area contributed by atoms with E-state index < -0.39 is 43.8 Å². The van der Waals surface area contributed by atoms with Crippen LogP contribution in [0.2, 0.25) is 0 Å². The van der Waals surface area contributed by atoms with Gasteiger partial charge in [-0.1, -0.05) is 86.6 Å². The lowest BCUT2D eigenvalue weighted by Crippen LogP contribution is -2.74. The van der Waals surface area contributed by atoms with E-state index in [2.05, 4.69) is 21.0 Å². The standard InChI is InChI=1S/C52H61N6O10P/c1-35(2)49(60)54-45-28-30-57(50(61)55-45)51-34-56(46(59)33-64-43-18-13-10-14-19-43)48(51)47(68-69(66-31-15-29-53)58(36(3)4)37(5)6)44(67-51)32-65-52(38-16-11-9-12-17-38,39-20-24-41(62-7)25-21-39)40-22-26-42(63-8)27-23-40/h9-14,16-28,30,35-37,44,47-48H,15,31-34H2,1-8H3,(H,54,55,60,61)/t44-,47-,48-,51-,69?/m1/s1. The summed E-state index contributed by atoms with van der Waals surface area (Å²) in [6.45, 7) is 11.1. The van der Waals surface area contributed by atoms with Crippen molar-refractivity contribution >= 4 is 26.2 Å².